The van der Waals surface area contributed by atoms with Gasteiger partial charge in [-0.2, -0.15) is 5.26 Å². The highest BCUT2D eigenvalue weighted by atomic mass is 79.9. The Bertz CT molecular complexity index is 1430. The van der Waals surface area contributed by atoms with Gasteiger partial charge < -0.3 is 14.2 Å². The quantitative estimate of drug-likeness (QED) is 0.143. The molecule has 4 rings (SSSR count). The standard InChI is InChI=1S/C30H22BrCl2NO3/c1-35-29-16-21(7-12-28(29)36-18-20-5-3-2-4-6-20)19-37-30-26(32)14-22(15-27(30)33)13-24(17-34)23-8-10-25(31)11-9-23/h2-16H,18-19H2,1H3/b24-13+. The highest BCUT2D eigenvalue weighted by Gasteiger charge is 2.12. The van der Waals surface area contributed by atoms with Crippen LogP contribution in [0.3, 0.4) is 0 Å². The fourth-order valence-corrected chi connectivity index (χ4v) is 4.47. The third-order valence-corrected chi connectivity index (χ3v) is 6.55. The minimum absolute atomic E-state index is 0.228. The summed E-state index contributed by atoms with van der Waals surface area (Å²) in [6.45, 7) is 0.667. The second kappa shape index (κ2) is 12.7. The largest absolute Gasteiger partial charge is 0.493 e. The third kappa shape index (κ3) is 7.08. The molecule has 0 fully saturated rings. The van der Waals surface area contributed by atoms with Crippen LogP contribution in [-0.4, -0.2) is 7.11 Å². The van der Waals surface area contributed by atoms with Crippen LogP contribution < -0.4 is 14.2 Å². The van der Waals surface area contributed by atoms with Gasteiger partial charge in [0, 0.05) is 4.47 Å². The number of allylic oxidation sites excluding steroid dienone is 1. The number of nitrogens with zero attached hydrogens (tertiary/aromatic N) is 1. The summed E-state index contributed by atoms with van der Waals surface area (Å²) in [4.78, 5) is 0. The molecule has 4 aromatic rings. The molecular weight excluding hydrogens is 573 g/mol. The molecule has 4 aromatic carbocycles. The molecule has 0 heterocycles. The van der Waals surface area contributed by atoms with Crippen molar-refractivity contribution in [2.24, 2.45) is 0 Å². The van der Waals surface area contributed by atoms with Gasteiger partial charge in [-0.3, -0.25) is 0 Å². The lowest BCUT2D eigenvalue weighted by atomic mass is 10.0. The summed E-state index contributed by atoms with van der Waals surface area (Å²) in [6, 6.07) is 28.7. The van der Waals surface area contributed by atoms with Crippen LogP contribution in [-0.2, 0) is 13.2 Å². The summed E-state index contributed by atoms with van der Waals surface area (Å²) in [5, 5.41) is 10.3. The Hall–Kier alpha value is -3.43. The smallest absolute Gasteiger partial charge is 0.161 e. The van der Waals surface area contributed by atoms with E-state index in [0.29, 0.717) is 45.0 Å². The first kappa shape index (κ1) is 26.6. The summed E-state index contributed by atoms with van der Waals surface area (Å²) in [6.07, 6.45) is 1.74. The topological polar surface area (TPSA) is 51.5 Å². The predicted molar refractivity (Wildman–Crippen MR) is 152 cm³/mol. The first-order valence-electron chi connectivity index (χ1n) is 11.3. The molecule has 0 aliphatic heterocycles. The van der Waals surface area contributed by atoms with E-state index >= 15 is 0 Å². The number of rotatable bonds is 9. The van der Waals surface area contributed by atoms with Crippen molar-refractivity contribution in [3.8, 4) is 23.3 Å². The molecule has 37 heavy (non-hydrogen) atoms. The van der Waals surface area contributed by atoms with E-state index in [1.54, 1.807) is 25.3 Å². The molecule has 0 saturated carbocycles. The average molecular weight is 595 g/mol. The molecule has 0 amide bonds. The molecule has 0 spiro atoms. The van der Waals surface area contributed by atoms with Crippen LogP contribution in [0.5, 0.6) is 17.2 Å². The maximum Gasteiger partial charge on any atom is 0.161 e. The summed E-state index contributed by atoms with van der Waals surface area (Å²) in [5.74, 6) is 1.61. The molecule has 186 valence electrons. The molecule has 0 atom stereocenters. The molecule has 0 saturated heterocycles. The van der Waals surface area contributed by atoms with Gasteiger partial charge in [-0.25, -0.2) is 0 Å². The van der Waals surface area contributed by atoms with Gasteiger partial charge in [0.1, 0.15) is 13.2 Å². The number of ether oxygens (including phenoxy) is 3. The number of methoxy groups -OCH3 is 1. The van der Waals surface area contributed by atoms with Gasteiger partial charge in [0.2, 0.25) is 0 Å². The zero-order valence-electron chi connectivity index (χ0n) is 19.9. The second-order valence-corrected chi connectivity index (χ2v) is 9.77. The van der Waals surface area contributed by atoms with Crippen molar-refractivity contribution < 1.29 is 14.2 Å². The van der Waals surface area contributed by atoms with Gasteiger partial charge in [0.25, 0.3) is 0 Å². The number of hydrogen-bond acceptors (Lipinski definition) is 4. The summed E-state index contributed by atoms with van der Waals surface area (Å²) in [5.41, 5.74) is 3.92. The van der Waals surface area contributed by atoms with Crippen molar-refractivity contribution in [3.63, 3.8) is 0 Å². The summed E-state index contributed by atoms with van der Waals surface area (Å²) >= 11 is 16.4. The van der Waals surface area contributed by atoms with E-state index in [1.165, 1.54) is 0 Å². The lowest BCUT2D eigenvalue weighted by Crippen LogP contribution is -2.01. The fraction of sp³-hybridized carbons (Fsp3) is 0.100. The molecule has 4 nitrogen and oxygen atoms in total. The first-order valence-corrected chi connectivity index (χ1v) is 12.8. The van der Waals surface area contributed by atoms with Gasteiger partial charge in [-0.15, -0.1) is 0 Å². The molecular formula is C30H22BrCl2NO3. The molecule has 0 bridgehead atoms. The Morgan fingerprint density at radius 3 is 2.16 bits per heavy atom. The van der Waals surface area contributed by atoms with Crippen molar-refractivity contribution >= 4 is 50.8 Å². The molecule has 0 radical (unpaired) electrons. The number of benzene rings is 4. The van der Waals surface area contributed by atoms with E-state index in [2.05, 4.69) is 22.0 Å². The van der Waals surface area contributed by atoms with Crippen LogP contribution in [0.25, 0.3) is 11.6 Å². The Balaban J connectivity index is 1.46. The number of halogens is 3. The van der Waals surface area contributed by atoms with Gasteiger partial charge in [0.05, 0.1) is 28.8 Å². The van der Waals surface area contributed by atoms with Gasteiger partial charge in [-0.05, 0) is 64.7 Å². The van der Waals surface area contributed by atoms with E-state index in [4.69, 9.17) is 37.4 Å². The van der Waals surface area contributed by atoms with Crippen molar-refractivity contribution in [1.29, 1.82) is 5.26 Å². The van der Waals surface area contributed by atoms with Crippen LogP contribution in [0.2, 0.25) is 10.0 Å². The Morgan fingerprint density at radius 1 is 0.838 bits per heavy atom. The van der Waals surface area contributed by atoms with Crippen LogP contribution in [0.4, 0.5) is 0 Å². The number of hydrogen-bond donors (Lipinski definition) is 0. The minimum atomic E-state index is 0.228. The predicted octanol–water partition coefficient (Wildman–Crippen LogP) is 8.99. The summed E-state index contributed by atoms with van der Waals surface area (Å²) in [7, 11) is 1.60. The van der Waals surface area contributed by atoms with Gasteiger partial charge >= 0.3 is 0 Å². The van der Waals surface area contributed by atoms with Crippen molar-refractivity contribution in [2.75, 3.05) is 7.11 Å². The van der Waals surface area contributed by atoms with Crippen LogP contribution >= 0.6 is 39.1 Å². The zero-order valence-corrected chi connectivity index (χ0v) is 23.0. The normalized spacial score (nSPS) is 11.1. The van der Waals surface area contributed by atoms with E-state index in [9.17, 15) is 5.26 Å². The molecule has 0 aliphatic carbocycles. The third-order valence-electron chi connectivity index (χ3n) is 5.46. The highest BCUT2D eigenvalue weighted by molar-refractivity contribution is 9.10. The Kier molecular flexibility index (Phi) is 9.14. The minimum Gasteiger partial charge on any atom is -0.493 e. The van der Waals surface area contributed by atoms with E-state index in [0.717, 1.165) is 21.2 Å². The van der Waals surface area contributed by atoms with Gasteiger partial charge in [-0.1, -0.05) is 87.7 Å². The second-order valence-electron chi connectivity index (χ2n) is 8.04. The van der Waals surface area contributed by atoms with Crippen molar-refractivity contribution in [2.45, 2.75) is 13.2 Å². The molecule has 7 heteroatoms. The van der Waals surface area contributed by atoms with E-state index in [1.807, 2.05) is 72.8 Å². The first-order chi connectivity index (χ1) is 18.0. The molecule has 0 aliphatic rings. The molecule has 0 aromatic heterocycles. The lowest BCUT2D eigenvalue weighted by Gasteiger charge is -2.14. The SMILES string of the molecule is COc1cc(COc2c(Cl)cc(/C=C(\C#N)c3ccc(Br)cc3)cc2Cl)ccc1OCc1ccccc1. The Labute approximate surface area is 234 Å². The summed E-state index contributed by atoms with van der Waals surface area (Å²) < 4.78 is 18.3. The van der Waals surface area contributed by atoms with Crippen LogP contribution in [0.15, 0.2) is 89.4 Å². The number of nitriles is 1. The monoisotopic (exact) mass is 593 g/mol. The molecule has 0 unspecified atom stereocenters. The van der Waals surface area contributed by atoms with E-state index in [-0.39, 0.29) is 6.61 Å². The maximum absolute atomic E-state index is 9.63. The average Bonchev–Trinajstić information content (AvgIpc) is 2.91. The van der Waals surface area contributed by atoms with Crippen LogP contribution in [0.1, 0.15) is 22.3 Å². The van der Waals surface area contributed by atoms with E-state index < -0.39 is 0 Å². The Morgan fingerprint density at radius 2 is 1.51 bits per heavy atom. The van der Waals surface area contributed by atoms with Crippen molar-refractivity contribution in [1.82, 2.24) is 0 Å². The highest BCUT2D eigenvalue weighted by Crippen LogP contribution is 2.37. The van der Waals surface area contributed by atoms with Crippen molar-refractivity contribution in [3.05, 3.63) is 122 Å². The zero-order chi connectivity index (χ0) is 26.2. The lowest BCUT2D eigenvalue weighted by molar-refractivity contribution is 0.281. The van der Waals surface area contributed by atoms with Crippen LogP contribution in [0, 0.1) is 11.3 Å². The molecule has 0 N–H and O–H groups in total. The maximum atomic E-state index is 9.63. The van der Waals surface area contributed by atoms with Gasteiger partial charge in [0.15, 0.2) is 17.2 Å². The fourth-order valence-electron chi connectivity index (χ4n) is 3.59.